The van der Waals surface area contributed by atoms with Crippen LogP contribution in [0.4, 0.5) is 28.9 Å². The predicted molar refractivity (Wildman–Crippen MR) is 93.6 cm³/mol. The van der Waals surface area contributed by atoms with Crippen molar-refractivity contribution < 1.29 is 32.2 Å². The Bertz CT molecular complexity index is 934. The molecule has 0 aliphatic heterocycles. The van der Waals surface area contributed by atoms with E-state index in [1.54, 1.807) is 6.92 Å². The molecule has 2 aromatic rings. The Kier molecular flexibility index (Phi) is 5.95. The second kappa shape index (κ2) is 7.86. The average Bonchev–Trinajstić information content (AvgIpc) is 2.62. The van der Waals surface area contributed by atoms with Crippen molar-refractivity contribution in [2.24, 2.45) is 0 Å². The molecule has 0 saturated carbocycles. The number of ether oxygens (including phenoxy) is 1. The average molecular weight is 396 g/mol. The van der Waals surface area contributed by atoms with Gasteiger partial charge in [0.25, 0.3) is 5.91 Å². The molecule has 0 radical (unpaired) electrons. The van der Waals surface area contributed by atoms with Gasteiger partial charge in [0, 0.05) is 11.8 Å². The Hall–Kier alpha value is -3.12. The number of rotatable bonds is 5. The molecule has 2 aromatic carbocycles. The maximum absolute atomic E-state index is 13.5. The summed E-state index contributed by atoms with van der Waals surface area (Å²) < 4.78 is 57.7. The van der Waals surface area contributed by atoms with E-state index in [-0.39, 0.29) is 11.4 Å². The summed E-state index contributed by atoms with van der Waals surface area (Å²) in [6.07, 6.45) is -4.78. The number of halogens is 4. The molecule has 0 saturated heterocycles. The van der Waals surface area contributed by atoms with Crippen molar-refractivity contribution in [1.29, 1.82) is 0 Å². The molecule has 0 aliphatic rings. The normalized spacial score (nSPS) is 13.4. The molecule has 0 bridgehead atoms. The fourth-order valence-electron chi connectivity index (χ4n) is 2.16. The lowest BCUT2D eigenvalue weighted by atomic mass is 10.1. The summed E-state index contributed by atoms with van der Waals surface area (Å²) in [5.74, 6) is -1.47. The van der Waals surface area contributed by atoms with Gasteiger partial charge in [0.1, 0.15) is 18.2 Å². The molecule has 9 heteroatoms. The standard InChI is InChI=1S/C19H16F4N2O3/c1-11-4-6-13(9-15(11)20)28-10-18(2,27)17(26)25-12-5-7-16(24-3)14(8-12)19(21,22)23/h4-9,27H,10H2,1-2H3,(H,25,26)/t18-/m1/s1. The van der Waals surface area contributed by atoms with Gasteiger partial charge in [-0.15, -0.1) is 0 Å². The first-order valence-electron chi connectivity index (χ1n) is 7.95. The lowest BCUT2D eigenvalue weighted by Crippen LogP contribution is -2.45. The third kappa shape index (κ3) is 4.98. The highest BCUT2D eigenvalue weighted by molar-refractivity contribution is 5.97. The van der Waals surface area contributed by atoms with Crippen molar-refractivity contribution >= 4 is 17.3 Å². The summed E-state index contributed by atoms with van der Waals surface area (Å²) in [7, 11) is 0. The third-order valence-corrected chi connectivity index (χ3v) is 3.83. The van der Waals surface area contributed by atoms with Crippen LogP contribution in [0.15, 0.2) is 36.4 Å². The van der Waals surface area contributed by atoms with Gasteiger partial charge in [0.05, 0.1) is 12.1 Å². The van der Waals surface area contributed by atoms with Crippen LogP contribution < -0.4 is 10.1 Å². The van der Waals surface area contributed by atoms with Gasteiger partial charge in [0.15, 0.2) is 11.3 Å². The van der Waals surface area contributed by atoms with Crippen LogP contribution >= 0.6 is 0 Å². The van der Waals surface area contributed by atoms with Crippen LogP contribution in [-0.2, 0) is 11.0 Å². The molecular formula is C19H16F4N2O3. The second-order valence-electron chi connectivity index (χ2n) is 6.27. The molecule has 2 rings (SSSR count). The molecule has 0 spiro atoms. The number of amides is 1. The van der Waals surface area contributed by atoms with Gasteiger partial charge in [-0.1, -0.05) is 12.1 Å². The van der Waals surface area contributed by atoms with E-state index in [2.05, 4.69) is 10.2 Å². The van der Waals surface area contributed by atoms with Gasteiger partial charge < -0.3 is 15.2 Å². The Balaban J connectivity index is 2.12. The second-order valence-corrected chi connectivity index (χ2v) is 6.27. The highest BCUT2D eigenvalue weighted by Gasteiger charge is 2.35. The van der Waals surface area contributed by atoms with E-state index in [4.69, 9.17) is 11.3 Å². The monoisotopic (exact) mass is 396 g/mol. The number of nitrogens with zero attached hydrogens (tertiary/aromatic N) is 1. The summed E-state index contributed by atoms with van der Waals surface area (Å²) >= 11 is 0. The van der Waals surface area contributed by atoms with Crippen LogP contribution in [0.2, 0.25) is 0 Å². The number of aryl methyl sites for hydroxylation is 1. The number of alkyl halides is 3. The highest BCUT2D eigenvalue weighted by Crippen LogP contribution is 2.38. The van der Waals surface area contributed by atoms with Crippen molar-refractivity contribution in [3.63, 3.8) is 0 Å². The number of aliphatic hydroxyl groups is 1. The van der Waals surface area contributed by atoms with E-state index in [0.717, 1.165) is 25.1 Å². The number of hydrogen-bond donors (Lipinski definition) is 2. The van der Waals surface area contributed by atoms with Crippen molar-refractivity contribution in [3.05, 3.63) is 64.8 Å². The SMILES string of the molecule is [C-]#[N+]c1ccc(NC(=O)[C@](C)(O)COc2ccc(C)c(F)c2)cc1C(F)(F)F. The molecule has 1 atom stereocenters. The quantitative estimate of drug-likeness (QED) is 0.579. The molecule has 0 aliphatic carbocycles. The third-order valence-electron chi connectivity index (χ3n) is 3.83. The lowest BCUT2D eigenvalue weighted by Gasteiger charge is -2.23. The zero-order valence-corrected chi connectivity index (χ0v) is 14.9. The number of anilines is 1. The molecule has 28 heavy (non-hydrogen) atoms. The fourth-order valence-corrected chi connectivity index (χ4v) is 2.16. The van der Waals surface area contributed by atoms with Gasteiger partial charge >= 0.3 is 6.18 Å². The van der Waals surface area contributed by atoms with Crippen molar-refractivity contribution in [1.82, 2.24) is 0 Å². The van der Waals surface area contributed by atoms with Gasteiger partial charge in [0.2, 0.25) is 0 Å². The van der Waals surface area contributed by atoms with E-state index in [0.29, 0.717) is 11.6 Å². The van der Waals surface area contributed by atoms with Gasteiger partial charge in [-0.2, -0.15) is 13.2 Å². The Morgan fingerprint density at radius 2 is 1.93 bits per heavy atom. The Morgan fingerprint density at radius 1 is 1.25 bits per heavy atom. The van der Waals surface area contributed by atoms with E-state index >= 15 is 0 Å². The molecular weight excluding hydrogens is 380 g/mol. The van der Waals surface area contributed by atoms with Crippen LogP contribution in [-0.4, -0.2) is 23.2 Å². The van der Waals surface area contributed by atoms with Crippen LogP contribution in [0.1, 0.15) is 18.1 Å². The van der Waals surface area contributed by atoms with Crippen LogP contribution in [0, 0.1) is 19.3 Å². The Labute approximate surface area is 158 Å². The smallest absolute Gasteiger partial charge is 0.407 e. The first-order chi connectivity index (χ1) is 12.9. The molecule has 0 fully saturated rings. The van der Waals surface area contributed by atoms with Crippen molar-refractivity contribution in [2.45, 2.75) is 25.6 Å². The lowest BCUT2D eigenvalue weighted by molar-refractivity contribution is -0.137. The molecule has 5 nitrogen and oxygen atoms in total. The maximum Gasteiger partial charge on any atom is 0.407 e. The van der Waals surface area contributed by atoms with Gasteiger partial charge in [-0.25, -0.2) is 9.24 Å². The highest BCUT2D eigenvalue weighted by atomic mass is 19.4. The van der Waals surface area contributed by atoms with Gasteiger partial charge in [-0.3, -0.25) is 4.79 Å². The number of carbonyl (C=O) groups excluding carboxylic acids is 1. The fraction of sp³-hybridized carbons (Fsp3) is 0.263. The van der Waals surface area contributed by atoms with E-state index in [9.17, 15) is 27.5 Å². The summed E-state index contributed by atoms with van der Waals surface area (Å²) in [5.41, 5.74) is -3.78. The summed E-state index contributed by atoms with van der Waals surface area (Å²) in [5, 5.41) is 12.4. The zero-order chi connectivity index (χ0) is 21.1. The van der Waals surface area contributed by atoms with Crippen LogP contribution in [0.5, 0.6) is 5.75 Å². The number of carbonyl (C=O) groups is 1. The first-order valence-corrected chi connectivity index (χ1v) is 7.95. The topological polar surface area (TPSA) is 62.9 Å². The number of nitrogens with one attached hydrogen (secondary N) is 1. The zero-order valence-electron chi connectivity index (χ0n) is 14.9. The molecule has 2 N–H and O–H groups in total. The van der Waals surface area contributed by atoms with Crippen LogP contribution in [0.25, 0.3) is 4.85 Å². The Morgan fingerprint density at radius 3 is 2.50 bits per heavy atom. The largest absolute Gasteiger partial charge is 0.490 e. The van der Waals surface area contributed by atoms with E-state index in [1.165, 1.54) is 12.1 Å². The van der Waals surface area contributed by atoms with Gasteiger partial charge in [-0.05, 0) is 37.6 Å². The molecule has 1 amide bonds. The summed E-state index contributed by atoms with van der Waals surface area (Å²) in [6, 6.07) is 6.64. The predicted octanol–water partition coefficient (Wildman–Crippen LogP) is 4.47. The number of benzene rings is 2. The van der Waals surface area contributed by atoms with E-state index in [1.807, 2.05) is 0 Å². The first kappa shape index (κ1) is 21.2. The number of hydrogen-bond acceptors (Lipinski definition) is 3. The molecule has 148 valence electrons. The molecule has 0 heterocycles. The molecule has 0 unspecified atom stereocenters. The van der Waals surface area contributed by atoms with Crippen molar-refractivity contribution in [3.8, 4) is 5.75 Å². The van der Waals surface area contributed by atoms with E-state index < -0.39 is 41.4 Å². The van der Waals surface area contributed by atoms with Crippen molar-refractivity contribution in [2.75, 3.05) is 11.9 Å². The maximum atomic E-state index is 13.5. The summed E-state index contributed by atoms with van der Waals surface area (Å²) in [6.45, 7) is 8.89. The minimum absolute atomic E-state index is 0.0805. The minimum Gasteiger partial charge on any atom is -0.490 e. The summed E-state index contributed by atoms with van der Waals surface area (Å²) in [4.78, 5) is 15.0. The molecule has 0 aromatic heterocycles. The van der Waals surface area contributed by atoms with Crippen LogP contribution in [0.3, 0.4) is 0 Å². The minimum atomic E-state index is -4.78.